The molecule has 0 aromatic heterocycles. The molecule has 0 saturated heterocycles. The molecule has 13 heavy (non-hydrogen) atoms. The highest BCUT2D eigenvalue weighted by atomic mass is 14.2. The zero-order chi connectivity index (χ0) is 9.68. The predicted molar refractivity (Wildman–Crippen MR) is 59.8 cm³/mol. The molecule has 0 amide bonds. The van der Waals surface area contributed by atoms with Crippen LogP contribution in [0.1, 0.15) is 59.3 Å². The van der Waals surface area contributed by atoms with Gasteiger partial charge in [0.15, 0.2) is 0 Å². The number of hydrogen-bond donors (Lipinski definition) is 0. The van der Waals surface area contributed by atoms with Crippen LogP contribution < -0.4 is 0 Å². The van der Waals surface area contributed by atoms with E-state index in [1.54, 1.807) is 16.7 Å². The van der Waals surface area contributed by atoms with Crippen LogP contribution in [0.5, 0.6) is 0 Å². The van der Waals surface area contributed by atoms with Crippen LogP contribution in [0.4, 0.5) is 0 Å². The maximum absolute atomic E-state index is 2.45. The summed E-state index contributed by atoms with van der Waals surface area (Å²) in [6, 6.07) is 0. The van der Waals surface area contributed by atoms with Crippen molar-refractivity contribution in [3.05, 3.63) is 22.8 Å². The monoisotopic (exact) mass is 178 g/mol. The minimum absolute atomic E-state index is 1.22. The molecular formula is C13H22. The number of rotatable bonds is 5. The highest BCUT2D eigenvalue weighted by Gasteiger charge is 2.12. The van der Waals surface area contributed by atoms with Gasteiger partial charge in [-0.3, -0.25) is 0 Å². The van der Waals surface area contributed by atoms with Crippen LogP contribution in [-0.2, 0) is 0 Å². The van der Waals surface area contributed by atoms with Gasteiger partial charge in [-0.15, -0.1) is 0 Å². The summed E-state index contributed by atoms with van der Waals surface area (Å²) in [6.45, 7) is 6.82. The van der Waals surface area contributed by atoms with Gasteiger partial charge in [0.2, 0.25) is 0 Å². The molecule has 0 heteroatoms. The Morgan fingerprint density at radius 2 is 1.92 bits per heavy atom. The molecular weight excluding hydrogens is 156 g/mol. The Kier molecular flexibility index (Phi) is 4.27. The molecule has 0 nitrogen and oxygen atoms in total. The maximum atomic E-state index is 2.45. The van der Waals surface area contributed by atoms with E-state index >= 15 is 0 Å². The Morgan fingerprint density at radius 3 is 2.38 bits per heavy atom. The van der Waals surface area contributed by atoms with E-state index in [9.17, 15) is 0 Å². The van der Waals surface area contributed by atoms with Crippen molar-refractivity contribution in [1.29, 1.82) is 0 Å². The summed E-state index contributed by atoms with van der Waals surface area (Å²) in [5.74, 6) is 0. The normalized spacial score (nSPS) is 16.7. The maximum Gasteiger partial charge on any atom is -0.00995 e. The lowest BCUT2D eigenvalue weighted by Crippen LogP contribution is -1.83. The minimum atomic E-state index is 1.22. The molecule has 1 rings (SSSR count). The second kappa shape index (κ2) is 5.26. The Morgan fingerprint density at radius 1 is 1.15 bits per heavy atom. The third-order valence-electron chi connectivity index (χ3n) is 2.93. The van der Waals surface area contributed by atoms with E-state index in [2.05, 4.69) is 26.8 Å². The van der Waals surface area contributed by atoms with Crippen LogP contribution in [0, 0.1) is 0 Å². The lowest BCUT2D eigenvalue weighted by Gasteiger charge is -2.02. The first-order valence-electron chi connectivity index (χ1n) is 5.72. The fourth-order valence-electron chi connectivity index (χ4n) is 2.06. The van der Waals surface area contributed by atoms with E-state index < -0.39 is 0 Å². The van der Waals surface area contributed by atoms with Crippen LogP contribution in [0.25, 0.3) is 0 Å². The highest BCUT2D eigenvalue weighted by Crippen LogP contribution is 2.31. The fraction of sp³-hybridized carbons (Fsp3) is 0.692. The molecule has 0 unspecified atom stereocenters. The summed E-state index contributed by atoms with van der Waals surface area (Å²) < 4.78 is 0. The molecule has 0 saturated carbocycles. The minimum Gasteiger partial charge on any atom is -0.0659 e. The number of hydrogen-bond acceptors (Lipinski definition) is 0. The van der Waals surface area contributed by atoms with E-state index in [0.717, 1.165) is 0 Å². The lowest BCUT2D eigenvalue weighted by molar-refractivity contribution is 0.771. The topological polar surface area (TPSA) is 0 Å². The van der Waals surface area contributed by atoms with E-state index in [-0.39, 0.29) is 0 Å². The first-order chi connectivity index (χ1) is 6.31. The molecule has 0 N–H and O–H groups in total. The summed E-state index contributed by atoms with van der Waals surface area (Å²) in [5.41, 5.74) is 4.98. The van der Waals surface area contributed by atoms with Crippen molar-refractivity contribution in [2.24, 2.45) is 0 Å². The Balaban J connectivity index is 2.50. The van der Waals surface area contributed by atoms with Gasteiger partial charge >= 0.3 is 0 Å². The van der Waals surface area contributed by atoms with Crippen LogP contribution >= 0.6 is 0 Å². The first kappa shape index (κ1) is 10.6. The van der Waals surface area contributed by atoms with Gasteiger partial charge in [-0.25, -0.2) is 0 Å². The Bertz CT molecular complexity index is 218. The summed E-state index contributed by atoms with van der Waals surface area (Å²) >= 11 is 0. The molecule has 0 aromatic rings. The Hall–Kier alpha value is -0.520. The molecule has 0 bridgehead atoms. The van der Waals surface area contributed by atoms with Crippen LogP contribution in [0.2, 0.25) is 0 Å². The predicted octanol–water partition coefficient (Wildman–Crippen LogP) is 4.62. The van der Waals surface area contributed by atoms with Gasteiger partial charge in [-0.1, -0.05) is 44.4 Å². The first-order valence-corrected chi connectivity index (χ1v) is 5.72. The Labute approximate surface area is 82.7 Å². The summed E-state index contributed by atoms with van der Waals surface area (Å²) in [4.78, 5) is 0. The van der Waals surface area contributed by atoms with E-state index in [1.165, 1.54) is 38.5 Å². The van der Waals surface area contributed by atoms with E-state index in [0.29, 0.717) is 0 Å². The number of unbranched alkanes of at least 4 members (excludes halogenated alkanes) is 1. The van der Waals surface area contributed by atoms with Gasteiger partial charge in [-0.2, -0.15) is 0 Å². The van der Waals surface area contributed by atoms with Gasteiger partial charge in [0.05, 0.1) is 0 Å². The van der Waals surface area contributed by atoms with Crippen molar-refractivity contribution in [2.75, 3.05) is 0 Å². The smallest absolute Gasteiger partial charge is 0.00995 e. The van der Waals surface area contributed by atoms with Crippen LogP contribution in [0.15, 0.2) is 22.8 Å². The molecule has 1 aliphatic rings. The van der Waals surface area contributed by atoms with E-state index in [4.69, 9.17) is 0 Å². The summed E-state index contributed by atoms with van der Waals surface area (Å²) in [6.07, 6.45) is 10.2. The summed E-state index contributed by atoms with van der Waals surface area (Å²) in [7, 11) is 0. The molecule has 0 heterocycles. The van der Waals surface area contributed by atoms with Gasteiger partial charge < -0.3 is 0 Å². The van der Waals surface area contributed by atoms with Gasteiger partial charge in [0, 0.05) is 0 Å². The van der Waals surface area contributed by atoms with Crippen molar-refractivity contribution >= 4 is 0 Å². The van der Waals surface area contributed by atoms with E-state index in [1.807, 2.05) is 0 Å². The second-order valence-electron chi connectivity index (χ2n) is 3.92. The van der Waals surface area contributed by atoms with Crippen molar-refractivity contribution in [3.8, 4) is 0 Å². The average Bonchev–Trinajstić information content (AvgIpc) is 2.57. The molecule has 0 aromatic carbocycles. The molecule has 0 atom stereocenters. The molecule has 0 spiro atoms. The summed E-state index contributed by atoms with van der Waals surface area (Å²) in [5, 5.41) is 0. The van der Waals surface area contributed by atoms with Crippen molar-refractivity contribution in [2.45, 2.75) is 59.3 Å². The van der Waals surface area contributed by atoms with Gasteiger partial charge in [0.25, 0.3) is 0 Å². The third kappa shape index (κ3) is 2.72. The van der Waals surface area contributed by atoms with Crippen molar-refractivity contribution < 1.29 is 0 Å². The quantitative estimate of drug-likeness (QED) is 0.576. The van der Waals surface area contributed by atoms with Crippen LogP contribution in [0.3, 0.4) is 0 Å². The second-order valence-corrected chi connectivity index (χ2v) is 3.92. The highest BCUT2D eigenvalue weighted by molar-refractivity contribution is 5.38. The standard InChI is InChI=1S/C13H22/c1-4-7-8-11-9-12(5-2)13(6-3)10-11/h9H,4-8,10H2,1-3H3. The van der Waals surface area contributed by atoms with Crippen molar-refractivity contribution in [1.82, 2.24) is 0 Å². The molecule has 0 radical (unpaired) electrons. The SMILES string of the molecule is CCCCC1=CC(CC)=C(CC)C1. The largest absolute Gasteiger partial charge is 0.0659 e. The lowest BCUT2D eigenvalue weighted by atomic mass is 10.0. The number of allylic oxidation sites excluding steroid dienone is 4. The van der Waals surface area contributed by atoms with Gasteiger partial charge in [-0.05, 0) is 37.7 Å². The molecule has 1 aliphatic carbocycles. The van der Waals surface area contributed by atoms with Gasteiger partial charge in [0.1, 0.15) is 0 Å². The molecule has 0 fully saturated rings. The van der Waals surface area contributed by atoms with Crippen molar-refractivity contribution in [3.63, 3.8) is 0 Å². The third-order valence-corrected chi connectivity index (χ3v) is 2.93. The fourth-order valence-corrected chi connectivity index (χ4v) is 2.06. The zero-order valence-corrected chi connectivity index (χ0v) is 9.32. The molecule has 74 valence electrons. The zero-order valence-electron chi connectivity index (χ0n) is 9.32. The van der Waals surface area contributed by atoms with Crippen LogP contribution in [-0.4, -0.2) is 0 Å². The molecule has 0 aliphatic heterocycles. The average molecular weight is 178 g/mol.